The molecule has 0 radical (unpaired) electrons. The van der Waals surface area contributed by atoms with E-state index >= 15 is 0 Å². The van der Waals surface area contributed by atoms with E-state index in [0.29, 0.717) is 6.54 Å². The predicted molar refractivity (Wildman–Crippen MR) is 108 cm³/mol. The second-order valence-corrected chi connectivity index (χ2v) is 7.30. The Morgan fingerprint density at radius 2 is 2.11 bits per heavy atom. The van der Waals surface area contributed by atoms with Crippen LogP contribution in [0.15, 0.2) is 34.8 Å². The number of aliphatic imine (C=N–C) groups is 1. The lowest BCUT2D eigenvalue weighted by Gasteiger charge is -2.12. The highest BCUT2D eigenvalue weighted by molar-refractivity contribution is 7.13. The van der Waals surface area contributed by atoms with Gasteiger partial charge in [-0.05, 0) is 25.0 Å². The summed E-state index contributed by atoms with van der Waals surface area (Å²) in [6.07, 6.45) is 5.39. The van der Waals surface area contributed by atoms with Gasteiger partial charge in [-0.3, -0.25) is 9.39 Å². The first kappa shape index (κ1) is 17.7. The molecule has 1 aliphatic rings. The van der Waals surface area contributed by atoms with Crippen molar-refractivity contribution >= 4 is 28.1 Å². The van der Waals surface area contributed by atoms with Gasteiger partial charge in [0.25, 0.3) is 0 Å². The minimum absolute atomic E-state index is 0.556. The van der Waals surface area contributed by atoms with E-state index < -0.39 is 0 Å². The monoisotopic (exact) mass is 384 g/mol. The maximum absolute atomic E-state index is 4.76. The van der Waals surface area contributed by atoms with E-state index in [1.807, 2.05) is 28.8 Å². The second-order valence-electron chi connectivity index (χ2n) is 6.46. The van der Waals surface area contributed by atoms with Gasteiger partial charge >= 0.3 is 0 Å². The molecule has 1 aliphatic heterocycles. The maximum atomic E-state index is 4.76. The summed E-state index contributed by atoms with van der Waals surface area (Å²) in [6.45, 7) is 3.61. The summed E-state index contributed by atoms with van der Waals surface area (Å²) in [5, 5.41) is 18.3. The summed E-state index contributed by atoms with van der Waals surface area (Å²) in [7, 11) is 1.77. The SMILES string of the molecule is CN=C(NCCc1csc(N2CCCC2)n1)NCc1nnc2ccccn12. The quantitative estimate of drug-likeness (QED) is 0.497. The van der Waals surface area contributed by atoms with Crippen molar-refractivity contribution in [2.45, 2.75) is 25.8 Å². The van der Waals surface area contributed by atoms with E-state index in [2.05, 4.69) is 36.1 Å². The average molecular weight is 385 g/mol. The van der Waals surface area contributed by atoms with E-state index in [4.69, 9.17) is 4.98 Å². The molecule has 3 aromatic heterocycles. The summed E-state index contributed by atoms with van der Waals surface area (Å²) in [5.74, 6) is 1.60. The molecule has 3 aromatic rings. The number of aromatic nitrogens is 4. The van der Waals surface area contributed by atoms with Crippen LogP contribution < -0.4 is 15.5 Å². The third-order valence-electron chi connectivity index (χ3n) is 4.61. The van der Waals surface area contributed by atoms with E-state index in [0.717, 1.165) is 54.3 Å². The third-order valence-corrected chi connectivity index (χ3v) is 5.56. The van der Waals surface area contributed by atoms with Crippen LogP contribution in [0.1, 0.15) is 24.4 Å². The fourth-order valence-corrected chi connectivity index (χ4v) is 4.08. The van der Waals surface area contributed by atoms with Gasteiger partial charge in [-0.25, -0.2) is 4.98 Å². The van der Waals surface area contributed by atoms with Crippen molar-refractivity contribution in [2.75, 3.05) is 31.6 Å². The Morgan fingerprint density at radius 1 is 1.22 bits per heavy atom. The highest BCUT2D eigenvalue weighted by Gasteiger charge is 2.15. The fourth-order valence-electron chi connectivity index (χ4n) is 3.17. The maximum Gasteiger partial charge on any atom is 0.191 e. The van der Waals surface area contributed by atoms with Gasteiger partial charge in [0.15, 0.2) is 22.6 Å². The number of hydrogen-bond acceptors (Lipinski definition) is 6. The molecule has 2 N–H and O–H groups in total. The molecule has 0 unspecified atom stereocenters. The van der Waals surface area contributed by atoms with Gasteiger partial charge in [0.1, 0.15) is 0 Å². The molecule has 0 aliphatic carbocycles. The standard InChI is InChI=1S/C18H24N8S/c1-19-17(21-12-16-24-23-15-6-2-3-11-26(15)16)20-8-7-14-13-27-18(22-14)25-9-4-5-10-25/h2-3,6,11,13H,4-5,7-10,12H2,1H3,(H2,19,20,21). The van der Waals surface area contributed by atoms with Crippen LogP contribution in [0.5, 0.6) is 0 Å². The number of guanidine groups is 1. The van der Waals surface area contributed by atoms with Crippen LogP contribution in [0.3, 0.4) is 0 Å². The molecule has 0 bridgehead atoms. The van der Waals surface area contributed by atoms with Crippen molar-refractivity contribution in [3.63, 3.8) is 0 Å². The van der Waals surface area contributed by atoms with E-state index in [1.165, 1.54) is 12.8 Å². The van der Waals surface area contributed by atoms with E-state index in [9.17, 15) is 0 Å². The van der Waals surface area contributed by atoms with Crippen LogP contribution in [-0.2, 0) is 13.0 Å². The lowest BCUT2D eigenvalue weighted by Crippen LogP contribution is -2.38. The number of hydrogen-bond donors (Lipinski definition) is 2. The number of thiazole rings is 1. The Bertz CT molecular complexity index is 909. The van der Waals surface area contributed by atoms with Crippen molar-refractivity contribution in [1.29, 1.82) is 0 Å². The highest BCUT2D eigenvalue weighted by atomic mass is 32.1. The van der Waals surface area contributed by atoms with Crippen molar-refractivity contribution < 1.29 is 0 Å². The van der Waals surface area contributed by atoms with Gasteiger partial charge in [-0.1, -0.05) is 6.07 Å². The molecule has 142 valence electrons. The van der Waals surface area contributed by atoms with Crippen molar-refractivity contribution in [2.24, 2.45) is 4.99 Å². The Morgan fingerprint density at radius 3 is 2.96 bits per heavy atom. The number of fused-ring (bicyclic) bond motifs is 1. The van der Waals surface area contributed by atoms with Gasteiger partial charge in [0, 0.05) is 44.7 Å². The summed E-state index contributed by atoms with van der Waals surface area (Å²) >= 11 is 1.74. The number of rotatable bonds is 6. The second kappa shape index (κ2) is 8.34. The Hall–Kier alpha value is -2.68. The first-order valence-electron chi connectivity index (χ1n) is 9.26. The molecule has 0 aromatic carbocycles. The highest BCUT2D eigenvalue weighted by Crippen LogP contribution is 2.24. The predicted octanol–water partition coefficient (Wildman–Crippen LogP) is 1.69. The first-order chi connectivity index (χ1) is 13.3. The number of pyridine rings is 1. The molecular weight excluding hydrogens is 360 g/mol. The molecular formula is C18H24N8S. The summed E-state index contributed by atoms with van der Waals surface area (Å²) in [6, 6.07) is 5.86. The van der Waals surface area contributed by atoms with Gasteiger partial charge < -0.3 is 15.5 Å². The van der Waals surface area contributed by atoms with Gasteiger partial charge in [-0.15, -0.1) is 21.5 Å². The molecule has 0 amide bonds. The smallest absolute Gasteiger partial charge is 0.191 e. The van der Waals surface area contributed by atoms with Crippen LogP contribution in [0.25, 0.3) is 5.65 Å². The lowest BCUT2D eigenvalue weighted by atomic mass is 10.3. The van der Waals surface area contributed by atoms with Crippen LogP contribution >= 0.6 is 11.3 Å². The molecule has 1 saturated heterocycles. The molecule has 4 heterocycles. The van der Waals surface area contributed by atoms with Crippen LogP contribution in [0, 0.1) is 0 Å². The summed E-state index contributed by atoms with van der Waals surface area (Å²) in [4.78, 5) is 11.4. The minimum atomic E-state index is 0.556. The van der Waals surface area contributed by atoms with E-state index in [-0.39, 0.29) is 0 Å². The zero-order chi connectivity index (χ0) is 18.5. The zero-order valence-electron chi connectivity index (χ0n) is 15.4. The molecule has 0 spiro atoms. The molecule has 9 heteroatoms. The fraction of sp³-hybridized carbons (Fsp3) is 0.444. The molecule has 8 nitrogen and oxygen atoms in total. The first-order valence-corrected chi connectivity index (χ1v) is 10.1. The van der Waals surface area contributed by atoms with Crippen LogP contribution in [0.4, 0.5) is 5.13 Å². The average Bonchev–Trinajstić information content (AvgIpc) is 3.45. The zero-order valence-corrected chi connectivity index (χ0v) is 16.2. The van der Waals surface area contributed by atoms with Crippen LogP contribution in [0.2, 0.25) is 0 Å². The van der Waals surface area contributed by atoms with Crippen molar-refractivity contribution in [3.8, 4) is 0 Å². The number of nitrogens with one attached hydrogen (secondary N) is 2. The van der Waals surface area contributed by atoms with E-state index in [1.54, 1.807) is 18.4 Å². The number of nitrogens with zero attached hydrogens (tertiary/aromatic N) is 6. The minimum Gasteiger partial charge on any atom is -0.356 e. The largest absolute Gasteiger partial charge is 0.356 e. The Labute approximate surface area is 162 Å². The Kier molecular flexibility index (Phi) is 5.47. The topological polar surface area (TPSA) is 82.7 Å². The van der Waals surface area contributed by atoms with Gasteiger partial charge in [0.2, 0.25) is 0 Å². The molecule has 27 heavy (non-hydrogen) atoms. The van der Waals surface area contributed by atoms with Crippen LogP contribution in [-0.4, -0.2) is 52.2 Å². The molecule has 4 rings (SSSR count). The Balaban J connectivity index is 1.26. The number of anilines is 1. The normalized spacial score (nSPS) is 14.9. The molecule has 0 saturated carbocycles. The van der Waals surface area contributed by atoms with Gasteiger partial charge in [0.05, 0.1) is 12.2 Å². The summed E-state index contributed by atoms with van der Waals surface area (Å²) in [5.41, 5.74) is 1.97. The van der Waals surface area contributed by atoms with Gasteiger partial charge in [-0.2, -0.15) is 0 Å². The summed E-state index contributed by atoms with van der Waals surface area (Å²) < 4.78 is 1.97. The molecule has 1 fully saturated rings. The lowest BCUT2D eigenvalue weighted by molar-refractivity contribution is 0.753. The third kappa shape index (κ3) is 4.19. The van der Waals surface area contributed by atoms with Crippen molar-refractivity contribution in [1.82, 2.24) is 30.2 Å². The van der Waals surface area contributed by atoms with Crippen molar-refractivity contribution in [3.05, 3.63) is 41.3 Å². The molecule has 0 atom stereocenters.